The van der Waals surface area contributed by atoms with E-state index in [1.54, 1.807) is 12.1 Å². The monoisotopic (exact) mass is 307 g/mol. The molecule has 2 rings (SSSR count). The Labute approximate surface area is 128 Å². The highest BCUT2D eigenvalue weighted by Crippen LogP contribution is 2.14. The van der Waals surface area contributed by atoms with Crippen molar-refractivity contribution in [3.63, 3.8) is 0 Å². The third-order valence-electron chi connectivity index (χ3n) is 3.40. The topological polar surface area (TPSA) is 101 Å². The standard InChI is InChI=1S/C15H21N3O4/c1-9(7-12-10(2)18-22-11(12)3)17-15(20)16-8-13(19)14-5-4-6-21-14/h4-6,9,13,19H,7-8H2,1-3H3,(H2,16,17,20). The van der Waals surface area contributed by atoms with E-state index in [0.29, 0.717) is 12.2 Å². The van der Waals surface area contributed by atoms with Gasteiger partial charge in [0.05, 0.1) is 18.5 Å². The van der Waals surface area contributed by atoms with Gasteiger partial charge in [-0.1, -0.05) is 5.16 Å². The molecule has 2 amide bonds. The summed E-state index contributed by atoms with van der Waals surface area (Å²) in [5, 5.41) is 19.1. The Morgan fingerprint density at radius 1 is 1.45 bits per heavy atom. The summed E-state index contributed by atoms with van der Waals surface area (Å²) in [6.07, 6.45) is 1.25. The smallest absolute Gasteiger partial charge is 0.315 e. The second-order valence-corrected chi connectivity index (χ2v) is 5.29. The van der Waals surface area contributed by atoms with Gasteiger partial charge in [-0.3, -0.25) is 0 Å². The van der Waals surface area contributed by atoms with Gasteiger partial charge in [-0.25, -0.2) is 4.79 Å². The molecule has 3 N–H and O–H groups in total. The maximum atomic E-state index is 11.8. The first-order valence-electron chi connectivity index (χ1n) is 7.15. The number of furan rings is 1. The molecule has 0 radical (unpaired) electrons. The fourth-order valence-corrected chi connectivity index (χ4v) is 2.20. The summed E-state index contributed by atoms with van der Waals surface area (Å²) >= 11 is 0. The fourth-order valence-electron chi connectivity index (χ4n) is 2.20. The summed E-state index contributed by atoms with van der Waals surface area (Å²) in [7, 11) is 0. The van der Waals surface area contributed by atoms with Gasteiger partial charge in [0.25, 0.3) is 0 Å². The van der Waals surface area contributed by atoms with Crippen LogP contribution >= 0.6 is 0 Å². The average Bonchev–Trinajstić information content (AvgIpc) is 3.10. The molecule has 0 bridgehead atoms. The van der Waals surface area contributed by atoms with Crippen molar-refractivity contribution >= 4 is 6.03 Å². The van der Waals surface area contributed by atoms with E-state index < -0.39 is 6.10 Å². The van der Waals surface area contributed by atoms with Gasteiger partial charge < -0.3 is 24.7 Å². The lowest BCUT2D eigenvalue weighted by atomic mass is 10.1. The van der Waals surface area contributed by atoms with Gasteiger partial charge in [-0.05, 0) is 39.3 Å². The van der Waals surface area contributed by atoms with Crippen LogP contribution in [0.3, 0.4) is 0 Å². The van der Waals surface area contributed by atoms with Crippen molar-refractivity contribution in [2.45, 2.75) is 39.3 Å². The first-order chi connectivity index (χ1) is 10.5. The molecule has 2 heterocycles. The van der Waals surface area contributed by atoms with E-state index in [2.05, 4.69) is 15.8 Å². The van der Waals surface area contributed by atoms with Gasteiger partial charge in [0.2, 0.25) is 0 Å². The molecule has 0 aliphatic heterocycles. The maximum absolute atomic E-state index is 11.8. The molecule has 2 aromatic rings. The van der Waals surface area contributed by atoms with E-state index in [0.717, 1.165) is 17.0 Å². The quantitative estimate of drug-likeness (QED) is 0.756. The third kappa shape index (κ3) is 4.11. The molecule has 2 unspecified atom stereocenters. The number of aromatic nitrogens is 1. The average molecular weight is 307 g/mol. The van der Waals surface area contributed by atoms with Crippen LogP contribution in [0, 0.1) is 13.8 Å². The van der Waals surface area contributed by atoms with Crippen molar-refractivity contribution in [1.29, 1.82) is 0 Å². The number of amides is 2. The summed E-state index contributed by atoms with van der Waals surface area (Å²) in [5.74, 6) is 1.18. The van der Waals surface area contributed by atoms with Gasteiger partial charge in [0.1, 0.15) is 17.6 Å². The SMILES string of the molecule is Cc1noc(C)c1CC(C)NC(=O)NCC(O)c1ccco1. The highest BCUT2D eigenvalue weighted by Gasteiger charge is 2.16. The van der Waals surface area contributed by atoms with E-state index in [1.807, 2.05) is 20.8 Å². The number of rotatable bonds is 6. The number of carbonyl (C=O) groups is 1. The Morgan fingerprint density at radius 2 is 2.23 bits per heavy atom. The van der Waals surface area contributed by atoms with Gasteiger partial charge in [-0.2, -0.15) is 0 Å². The molecule has 0 aromatic carbocycles. The molecule has 0 saturated heterocycles. The number of urea groups is 1. The zero-order valence-corrected chi connectivity index (χ0v) is 12.9. The van der Waals surface area contributed by atoms with Crippen molar-refractivity contribution in [3.8, 4) is 0 Å². The predicted molar refractivity (Wildman–Crippen MR) is 79.3 cm³/mol. The van der Waals surface area contributed by atoms with Gasteiger partial charge >= 0.3 is 6.03 Å². The van der Waals surface area contributed by atoms with Crippen molar-refractivity contribution in [2.75, 3.05) is 6.54 Å². The summed E-state index contributed by atoms with van der Waals surface area (Å²) < 4.78 is 10.2. The lowest BCUT2D eigenvalue weighted by Gasteiger charge is -2.15. The molecule has 0 saturated carbocycles. The number of nitrogens with one attached hydrogen (secondary N) is 2. The summed E-state index contributed by atoms with van der Waals surface area (Å²) in [6, 6.07) is 2.91. The molecule has 0 aliphatic rings. The largest absolute Gasteiger partial charge is 0.467 e. The van der Waals surface area contributed by atoms with Gasteiger partial charge in [0, 0.05) is 11.6 Å². The molecule has 22 heavy (non-hydrogen) atoms. The number of nitrogens with zero attached hydrogens (tertiary/aromatic N) is 1. The Balaban J connectivity index is 1.77. The van der Waals surface area contributed by atoms with Crippen molar-refractivity contribution in [2.24, 2.45) is 0 Å². The second kappa shape index (κ2) is 7.13. The van der Waals surface area contributed by atoms with Crippen molar-refractivity contribution < 1.29 is 18.8 Å². The molecule has 0 spiro atoms. The lowest BCUT2D eigenvalue weighted by molar-refractivity contribution is 0.147. The van der Waals surface area contributed by atoms with Crippen molar-refractivity contribution in [1.82, 2.24) is 15.8 Å². The maximum Gasteiger partial charge on any atom is 0.315 e. The number of aliphatic hydroxyl groups excluding tert-OH is 1. The molecule has 0 fully saturated rings. The number of aryl methyl sites for hydroxylation is 2. The van der Waals surface area contributed by atoms with Gasteiger partial charge in [-0.15, -0.1) is 0 Å². The summed E-state index contributed by atoms with van der Waals surface area (Å²) in [6.45, 7) is 5.70. The van der Waals surface area contributed by atoms with E-state index >= 15 is 0 Å². The molecule has 2 aromatic heterocycles. The van der Waals surface area contributed by atoms with Crippen LogP contribution in [0.5, 0.6) is 0 Å². The molecule has 120 valence electrons. The van der Waals surface area contributed by atoms with E-state index in [9.17, 15) is 9.90 Å². The van der Waals surface area contributed by atoms with E-state index in [4.69, 9.17) is 8.94 Å². The van der Waals surface area contributed by atoms with E-state index in [1.165, 1.54) is 6.26 Å². The highest BCUT2D eigenvalue weighted by molar-refractivity contribution is 5.74. The van der Waals surface area contributed by atoms with Crippen LogP contribution in [0.1, 0.15) is 35.8 Å². The lowest BCUT2D eigenvalue weighted by Crippen LogP contribution is -2.43. The molecular formula is C15H21N3O4. The second-order valence-electron chi connectivity index (χ2n) is 5.29. The zero-order chi connectivity index (χ0) is 16.1. The number of hydrogen-bond acceptors (Lipinski definition) is 5. The fraction of sp³-hybridized carbons (Fsp3) is 0.467. The van der Waals surface area contributed by atoms with Crippen LogP contribution in [-0.2, 0) is 6.42 Å². The highest BCUT2D eigenvalue weighted by atomic mass is 16.5. The third-order valence-corrected chi connectivity index (χ3v) is 3.40. The number of aliphatic hydroxyl groups is 1. The first kappa shape index (κ1) is 16.1. The normalized spacial score (nSPS) is 13.6. The Hall–Kier alpha value is -2.28. The molecule has 7 nitrogen and oxygen atoms in total. The number of carbonyl (C=O) groups excluding carboxylic acids is 1. The van der Waals surface area contributed by atoms with Crippen LogP contribution in [0.4, 0.5) is 4.79 Å². The number of hydrogen-bond donors (Lipinski definition) is 3. The molecule has 2 atom stereocenters. The Morgan fingerprint density at radius 3 is 2.82 bits per heavy atom. The molecular weight excluding hydrogens is 286 g/mol. The van der Waals surface area contributed by atoms with E-state index in [-0.39, 0.29) is 18.6 Å². The Kier molecular flexibility index (Phi) is 5.21. The molecule has 0 aliphatic carbocycles. The van der Waals surface area contributed by atoms with Crippen LogP contribution in [0.15, 0.2) is 27.3 Å². The summed E-state index contributed by atoms with van der Waals surface area (Å²) in [4.78, 5) is 11.8. The molecule has 7 heteroatoms. The zero-order valence-electron chi connectivity index (χ0n) is 12.9. The minimum absolute atomic E-state index is 0.0807. The van der Waals surface area contributed by atoms with Crippen molar-refractivity contribution in [3.05, 3.63) is 41.2 Å². The van der Waals surface area contributed by atoms with Crippen LogP contribution < -0.4 is 10.6 Å². The summed E-state index contributed by atoms with van der Waals surface area (Å²) in [5.41, 5.74) is 1.84. The first-order valence-corrected chi connectivity index (χ1v) is 7.15. The minimum atomic E-state index is -0.862. The minimum Gasteiger partial charge on any atom is -0.467 e. The Bertz CT molecular complexity index is 587. The van der Waals surface area contributed by atoms with Gasteiger partial charge in [0.15, 0.2) is 0 Å². The predicted octanol–water partition coefficient (Wildman–Crippen LogP) is 1.85. The van der Waals surface area contributed by atoms with Crippen LogP contribution in [0.2, 0.25) is 0 Å². The van der Waals surface area contributed by atoms with Crippen LogP contribution in [0.25, 0.3) is 0 Å². The van der Waals surface area contributed by atoms with Crippen LogP contribution in [-0.4, -0.2) is 28.9 Å².